The van der Waals surface area contributed by atoms with E-state index in [0.717, 1.165) is 48.8 Å². The molecule has 3 aromatic rings. The second-order valence-corrected chi connectivity index (χ2v) is 8.95. The van der Waals surface area contributed by atoms with E-state index in [2.05, 4.69) is 46.0 Å². The number of hydrogen-bond donors (Lipinski definition) is 1. The normalized spacial score (nSPS) is 19.8. The predicted molar refractivity (Wildman–Crippen MR) is 118 cm³/mol. The highest BCUT2D eigenvalue weighted by atomic mass is 16.5. The minimum Gasteiger partial charge on any atom is -0.376 e. The van der Waals surface area contributed by atoms with Gasteiger partial charge in [-0.3, -0.25) is 0 Å². The van der Waals surface area contributed by atoms with Crippen LogP contribution < -0.4 is 5.32 Å². The Balaban J connectivity index is 1.45. The molecule has 2 aliphatic rings. The van der Waals surface area contributed by atoms with Gasteiger partial charge < -0.3 is 15.0 Å². The van der Waals surface area contributed by atoms with Gasteiger partial charge in [-0.05, 0) is 61.2 Å². The zero-order valence-electron chi connectivity index (χ0n) is 18.1. The summed E-state index contributed by atoms with van der Waals surface area (Å²) in [7, 11) is 0. The monoisotopic (exact) mass is 422 g/mol. The number of carbonyl (C=O) groups excluding carboxylic acids is 1. The van der Waals surface area contributed by atoms with E-state index in [0.29, 0.717) is 18.7 Å². The van der Waals surface area contributed by atoms with Crippen molar-refractivity contribution in [2.45, 2.75) is 70.6 Å². The van der Waals surface area contributed by atoms with Crippen molar-refractivity contribution < 1.29 is 9.53 Å². The fourth-order valence-corrected chi connectivity index (χ4v) is 4.87. The Hall–Kier alpha value is -2.74. The number of nitrogens with one attached hydrogen (secondary N) is 1. The lowest BCUT2D eigenvalue weighted by atomic mass is 9.96. The van der Waals surface area contributed by atoms with Gasteiger partial charge in [-0.2, -0.15) is 4.52 Å². The Morgan fingerprint density at radius 2 is 2.06 bits per heavy atom. The van der Waals surface area contributed by atoms with Crippen molar-refractivity contribution in [2.75, 3.05) is 13.2 Å². The van der Waals surface area contributed by atoms with Crippen molar-refractivity contribution >= 4 is 22.6 Å². The van der Waals surface area contributed by atoms with Crippen LogP contribution in [0.3, 0.4) is 0 Å². The summed E-state index contributed by atoms with van der Waals surface area (Å²) in [4.78, 5) is 15.2. The van der Waals surface area contributed by atoms with E-state index in [4.69, 9.17) is 4.74 Å². The number of amides is 2. The van der Waals surface area contributed by atoms with E-state index in [1.54, 1.807) is 4.52 Å². The van der Waals surface area contributed by atoms with Crippen molar-refractivity contribution in [3.8, 4) is 0 Å². The number of carbonyl (C=O) groups is 1. The molecule has 1 aromatic carbocycles. The molecule has 1 N–H and O–H groups in total. The summed E-state index contributed by atoms with van der Waals surface area (Å²) in [5.41, 5.74) is 3.78. The van der Waals surface area contributed by atoms with Crippen LogP contribution in [0.5, 0.6) is 0 Å². The maximum absolute atomic E-state index is 13.3. The zero-order chi connectivity index (χ0) is 21.2. The van der Waals surface area contributed by atoms with Crippen molar-refractivity contribution in [2.24, 2.45) is 0 Å². The molecule has 2 amide bonds. The van der Waals surface area contributed by atoms with Crippen LogP contribution in [-0.2, 0) is 11.3 Å². The van der Waals surface area contributed by atoms with Crippen LogP contribution in [0.1, 0.15) is 56.1 Å². The van der Waals surface area contributed by atoms with E-state index in [1.807, 2.05) is 11.0 Å². The molecule has 8 nitrogen and oxygen atoms in total. The number of aryl methyl sites for hydroxylation is 1. The molecular formula is C23H30N6O2. The number of pyridine rings is 1. The van der Waals surface area contributed by atoms with E-state index in [9.17, 15) is 4.79 Å². The van der Waals surface area contributed by atoms with Crippen molar-refractivity contribution in [3.63, 3.8) is 0 Å². The Morgan fingerprint density at radius 3 is 2.87 bits per heavy atom. The summed E-state index contributed by atoms with van der Waals surface area (Å²) in [6.45, 7) is 3.88. The first-order chi connectivity index (χ1) is 15.2. The Bertz CT molecular complexity index is 1070. The molecule has 164 valence electrons. The van der Waals surface area contributed by atoms with Gasteiger partial charge in [0.1, 0.15) is 0 Å². The van der Waals surface area contributed by atoms with E-state index < -0.39 is 0 Å². The number of benzene rings is 1. The van der Waals surface area contributed by atoms with Gasteiger partial charge in [-0.15, -0.1) is 5.10 Å². The Labute approximate surface area is 181 Å². The van der Waals surface area contributed by atoms with Crippen molar-refractivity contribution in [3.05, 3.63) is 35.4 Å². The van der Waals surface area contributed by atoms with E-state index in [-0.39, 0.29) is 18.2 Å². The Morgan fingerprint density at radius 1 is 1.19 bits per heavy atom. The lowest BCUT2D eigenvalue weighted by Crippen LogP contribution is -2.47. The highest BCUT2D eigenvalue weighted by Crippen LogP contribution is 2.23. The molecule has 0 radical (unpaired) electrons. The number of ether oxygens (including phenoxy) is 1. The first-order valence-corrected chi connectivity index (χ1v) is 11.4. The summed E-state index contributed by atoms with van der Waals surface area (Å²) in [5.74, 6) is 0. The highest BCUT2D eigenvalue weighted by molar-refractivity contribution is 5.84. The van der Waals surface area contributed by atoms with Crippen molar-refractivity contribution in [1.29, 1.82) is 0 Å². The number of nitrogens with zero attached hydrogens (tertiary/aromatic N) is 5. The average molecular weight is 423 g/mol. The zero-order valence-corrected chi connectivity index (χ0v) is 18.1. The molecule has 5 rings (SSSR count). The molecule has 1 atom stereocenters. The number of urea groups is 1. The number of fused-ring (bicyclic) bond motifs is 3. The first kappa shape index (κ1) is 20.2. The number of rotatable bonds is 5. The second-order valence-electron chi connectivity index (χ2n) is 8.95. The number of hydrogen-bond acceptors (Lipinski definition) is 5. The summed E-state index contributed by atoms with van der Waals surface area (Å²) in [5, 5.41) is 16.7. The van der Waals surface area contributed by atoms with Gasteiger partial charge in [0.15, 0.2) is 5.65 Å². The molecule has 31 heavy (non-hydrogen) atoms. The van der Waals surface area contributed by atoms with Gasteiger partial charge in [-0.1, -0.05) is 30.9 Å². The molecule has 1 saturated carbocycles. The van der Waals surface area contributed by atoms with Crippen LogP contribution in [0.25, 0.3) is 16.6 Å². The molecule has 0 bridgehead atoms. The lowest BCUT2D eigenvalue weighted by Gasteiger charge is -2.30. The fraction of sp³-hybridized carbons (Fsp3) is 0.565. The molecule has 0 spiro atoms. The molecule has 3 heterocycles. The van der Waals surface area contributed by atoms with Crippen LogP contribution in [0, 0.1) is 6.92 Å². The molecule has 1 unspecified atom stereocenters. The van der Waals surface area contributed by atoms with Crippen LogP contribution in [0.4, 0.5) is 4.79 Å². The lowest BCUT2D eigenvalue weighted by molar-refractivity contribution is 0.0786. The molecule has 1 saturated heterocycles. The molecule has 8 heteroatoms. The van der Waals surface area contributed by atoms with Gasteiger partial charge in [0, 0.05) is 30.1 Å². The van der Waals surface area contributed by atoms with Crippen LogP contribution in [0.15, 0.2) is 24.3 Å². The van der Waals surface area contributed by atoms with Crippen LogP contribution >= 0.6 is 0 Å². The molecular weight excluding hydrogens is 392 g/mol. The second kappa shape index (κ2) is 8.78. The van der Waals surface area contributed by atoms with Gasteiger partial charge >= 0.3 is 6.03 Å². The van der Waals surface area contributed by atoms with Gasteiger partial charge in [-0.25, -0.2) is 4.79 Å². The number of aromatic nitrogens is 4. The first-order valence-electron chi connectivity index (χ1n) is 11.4. The maximum Gasteiger partial charge on any atom is 0.318 e. The van der Waals surface area contributed by atoms with Crippen LogP contribution in [0.2, 0.25) is 0 Å². The largest absolute Gasteiger partial charge is 0.376 e. The van der Waals surface area contributed by atoms with Crippen LogP contribution in [-0.4, -0.2) is 56.3 Å². The minimum atomic E-state index is -0.0163. The average Bonchev–Trinajstić information content (AvgIpc) is 3.46. The highest BCUT2D eigenvalue weighted by Gasteiger charge is 2.26. The van der Waals surface area contributed by atoms with E-state index in [1.165, 1.54) is 24.8 Å². The standard InChI is InChI=1S/C23H30N6O2/c1-16-9-10-21-17(12-16)13-18(22-25-26-27-29(21)22)14-28(15-20-8-5-11-31-20)23(30)24-19-6-3-2-4-7-19/h9-10,12-13,19-20H,2-8,11,14-15H2,1H3,(H,24,30). The SMILES string of the molecule is Cc1ccc2c(c1)cc(CN(CC1CCCO1)C(=O)NC1CCCCC1)c1nnnn12. The predicted octanol–water partition coefficient (Wildman–Crippen LogP) is 3.61. The quantitative estimate of drug-likeness (QED) is 0.679. The van der Waals surface area contributed by atoms with Gasteiger partial charge in [0.05, 0.1) is 18.2 Å². The minimum absolute atomic E-state index is 0.0163. The van der Waals surface area contributed by atoms with Gasteiger partial charge in [0.25, 0.3) is 0 Å². The molecule has 1 aliphatic heterocycles. The molecule has 2 aromatic heterocycles. The maximum atomic E-state index is 13.3. The van der Waals surface area contributed by atoms with Crippen molar-refractivity contribution in [1.82, 2.24) is 30.3 Å². The number of tetrazole rings is 1. The fourth-order valence-electron chi connectivity index (χ4n) is 4.87. The topological polar surface area (TPSA) is 84.6 Å². The smallest absolute Gasteiger partial charge is 0.318 e. The summed E-state index contributed by atoms with van der Waals surface area (Å²) < 4.78 is 7.62. The third kappa shape index (κ3) is 4.35. The third-order valence-electron chi connectivity index (χ3n) is 6.53. The summed E-state index contributed by atoms with van der Waals surface area (Å²) >= 11 is 0. The molecule has 2 fully saturated rings. The van der Waals surface area contributed by atoms with E-state index >= 15 is 0 Å². The summed E-state index contributed by atoms with van der Waals surface area (Å²) in [6.07, 6.45) is 7.90. The van der Waals surface area contributed by atoms with Gasteiger partial charge in [0.2, 0.25) is 0 Å². The summed E-state index contributed by atoms with van der Waals surface area (Å²) in [6, 6.07) is 8.60. The third-order valence-corrected chi connectivity index (χ3v) is 6.53. The molecule has 1 aliphatic carbocycles. The Kier molecular flexibility index (Phi) is 5.72.